The van der Waals surface area contributed by atoms with Crippen molar-refractivity contribution < 1.29 is 9.53 Å². The lowest BCUT2D eigenvalue weighted by molar-refractivity contribution is -0.140. The highest BCUT2D eigenvalue weighted by Gasteiger charge is 2.05. The molecule has 22 heavy (non-hydrogen) atoms. The minimum atomic E-state index is -0.122. The second-order valence-corrected chi connectivity index (χ2v) is 5.92. The molecule has 0 unspecified atom stereocenters. The third kappa shape index (κ3) is 7.37. The van der Waals surface area contributed by atoms with E-state index in [9.17, 15) is 4.79 Å². The highest BCUT2D eigenvalue weighted by Crippen LogP contribution is 2.17. The van der Waals surface area contributed by atoms with E-state index in [1.165, 1.54) is 12.7 Å². The zero-order valence-corrected chi connectivity index (χ0v) is 14.7. The van der Waals surface area contributed by atoms with Crippen LogP contribution in [-0.4, -0.2) is 37.9 Å². The van der Waals surface area contributed by atoms with Gasteiger partial charge in [-0.25, -0.2) is 0 Å². The number of hydrogen-bond acceptors (Lipinski definition) is 3. The van der Waals surface area contributed by atoms with Crippen LogP contribution in [0.2, 0.25) is 0 Å². The number of rotatable bonds is 11. The van der Waals surface area contributed by atoms with Crippen LogP contribution in [0.5, 0.6) is 0 Å². The summed E-state index contributed by atoms with van der Waals surface area (Å²) in [6.07, 6.45) is 4.57. The van der Waals surface area contributed by atoms with Crippen molar-refractivity contribution in [1.82, 2.24) is 0 Å². The highest BCUT2D eigenvalue weighted by molar-refractivity contribution is 6.18. The number of carbonyl (C=O) groups excluding carboxylic acids is 1. The molecule has 0 amide bonds. The molecule has 0 saturated carbocycles. The standard InChI is InChI=1S/C17H25Cl2NO2/c1-22-17(21)6-4-2-3-5-15-7-9-16(10-8-15)20(13-11-18)14-12-19/h7-10H,2-6,11-14H2,1H3. The predicted molar refractivity (Wildman–Crippen MR) is 94.3 cm³/mol. The summed E-state index contributed by atoms with van der Waals surface area (Å²) in [6, 6.07) is 8.57. The van der Waals surface area contributed by atoms with Gasteiger partial charge < -0.3 is 9.64 Å². The van der Waals surface area contributed by atoms with E-state index in [0.29, 0.717) is 18.2 Å². The van der Waals surface area contributed by atoms with E-state index in [4.69, 9.17) is 23.2 Å². The molecule has 0 spiro atoms. The summed E-state index contributed by atoms with van der Waals surface area (Å²) in [6.45, 7) is 1.61. The number of methoxy groups -OCH3 is 1. The van der Waals surface area contributed by atoms with Crippen molar-refractivity contribution in [2.45, 2.75) is 32.1 Å². The maximum Gasteiger partial charge on any atom is 0.305 e. The molecule has 3 nitrogen and oxygen atoms in total. The van der Waals surface area contributed by atoms with Gasteiger partial charge in [-0.3, -0.25) is 4.79 Å². The van der Waals surface area contributed by atoms with Crippen molar-refractivity contribution in [2.24, 2.45) is 0 Å². The number of anilines is 1. The van der Waals surface area contributed by atoms with Gasteiger partial charge in [0.25, 0.3) is 0 Å². The first kappa shape index (κ1) is 19.1. The van der Waals surface area contributed by atoms with Gasteiger partial charge in [-0.1, -0.05) is 18.6 Å². The molecule has 5 heteroatoms. The molecule has 0 aliphatic heterocycles. The molecule has 1 aromatic carbocycles. The summed E-state index contributed by atoms with van der Waals surface area (Å²) in [5, 5.41) is 0. The van der Waals surface area contributed by atoms with Gasteiger partial charge in [-0.2, -0.15) is 0 Å². The second kappa shape index (κ2) is 11.6. The molecular weight excluding hydrogens is 321 g/mol. The van der Waals surface area contributed by atoms with E-state index in [1.54, 1.807) is 0 Å². The summed E-state index contributed by atoms with van der Waals surface area (Å²) in [7, 11) is 1.43. The topological polar surface area (TPSA) is 29.5 Å². The van der Waals surface area contributed by atoms with Crippen molar-refractivity contribution in [3.63, 3.8) is 0 Å². The molecule has 0 atom stereocenters. The Morgan fingerprint density at radius 1 is 1.05 bits per heavy atom. The molecule has 0 aromatic heterocycles. The van der Waals surface area contributed by atoms with Crippen LogP contribution < -0.4 is 4.90 Å². The molecule has 0 fully saturated rings. The SMILES string of the molecule is COC(=O)CCCCCc1ccc(N(CCCl)CCCl)cc1. The number of halogens is 2. The molecule has 0 aliphatic rings. The summed E-state index contributed by atoms with van der Waals surface area (Å²) in [5.41, 5.74) is 2.48. The number of aryl methyl sites for hydroxylation is 1. The quantitative estimate of drug-likeness (QED) is 0.341. The smallest absolute Gasteiger partial charge is 0.305 e. The maximum atomic E-state index is 11.0. The van der Waals surface area contributed by atoms with Crippen molar-refractivity contribution in [2.75, 3.05) is 36.9 Å². The Hall–Kier alpha value is -0.930. The minimum absolute atomic E-state index is 0.122. The Balaban J connectivity index is 2.36. The lowest BCUT2D eigenvalue weighted by Gasteiger charge is -2.23. The minimum Gasteiger partial charge on any atom is -0.469 e. The first-order chi connectivity index (χ1) is 10.7. The molecule has 0 saturated heterocycles. The van der Waals surface area contributed by atoms with E-state index < -0.39 is 0 Å². The van der Waals surface area contributed by atoms with Gasteiger partial charge in [0.2, 0.25) is 0 Å². The third-order valence-electron chi connectivity index (χ3n) is 3.58. The van der Waals surface area contributed by atoms with E-state index in [2.05, 4.69) is 33.9 Å². The zero-order chi connectivity index (χ0) is 16.2. The number of ether oxygens (including phenoxy) is 1. The first-order valence-electron chi connectivity index (χ1n) is 7.74. The molecule has 0 bridgehead atoms. The van der Waals surface area contributed by atoms with Gasteiger partial charge in [0.15, 0.2) is 0 Å². The normalized spacial score (nSPS) is 10.5. The van der Waals surface area contributed by atoms with Crippen LogP contribution in [0.3, 0.4) is 0 Å². The van der Waals surface area contributed by atoms with Gasteiger partial charge in [0.1, 0.15) is 0 Å². The average Bonchev–Trinajstić information content (AvgIpc) is 2.54. The summed E-state index contributed by atoms with van der Waals surface area (Å²) in [5.74, 6) is 1.07. The first-order valence-corrected chi connectivity index (χ1v) is 8.80. The zero-order valence-electron chi connectivity index (χ0n) is 13.2. The molecule has 0 N–H and O–H groups in total. The van der Waals surface area contributed by atoms with E-state index in [0.717, 1.165) is 44.5 Å². The van der Waals surface area contributed by atoms with Crippen LogP contribution in [-0.2, 0) is 16.0 Å². The van der Waals surface area contributed by atoms with Crippen LogP contribution in [0.4, 0.5) is 5.69 Å². The predicted octanol–water partition coefficient (Wildman–Crippen LogP) is 4.25. The highest BCUT2D eigenvalue weighted by atomic mass is 35.5. The summed E-state index contributed by atoms with van der Waals surface area (Å²) < 4.78 is 4.63. The number of unbranched alkanes of at least 4 members (excludes halogenated alkanes) is 2. The number of esters is 1. The van der Waals surface area contributed by atoms with Crippen LogP contribution >= 0.6 is 23.2 Å². The lowest BCUT2D eigenvalue weighted by atomic mass is 10.1. The van der Waals surface area contributed by atoms with E-state index >= 15 is 0 Å². The van der Waals surface area contributed by atoms with Crippen LogP contribution in [0.25, 0.3) is 0 Å². The van der Waals surface area contributed by atoms with Gasteiger partial charge in [0, 0.05) is 37.0 Å². The fourth-order valence-electron chi connectivity index (χ4n) is 2.32. The Bertz CT molecular complexity index is 417. The molecule has 0 heterocycles. The van der Waals surface area contributed by atoms with Crippen LogP contribution in [0.1, 0.15) is 31.2 Å². The van der Waals surface area contributed by atoms with Crippen LogP contribution in [0.15, 0.2) is 24.3 Å². The third-order valence-corrected chi connectivity index (χ3v) is 3.92. The molecule has 0 aliphatic carbocycles. The Morgan fingerprint density at radius 3 is 2.23 bits per heavy atom. The summed E-state index contributed by atoms with van der Waals surface area (Å²) >= 11 is 11.7. The number of nitrogens with zero attached hydrogens (tertiary/aromatic N) is 1. The number of benzene rings is 1. The monoisotopic (exact) mass is 345 g/mol. The average molecular weight is 346 g/mol. The fourth-order valence-corrected chi connectivity index (χ4v) is 2.73. The van der Waals surface area contributed by atoms with Crippen molar-refractivity contribution in [3.05, 3.63) is 29.8 Å². The van der Waals surface area contributed by atoms with Crippen molar-refractivity contribution >= 4 is 34.9 Å². The maximum absolute atomic E-state index is 11.0. The van der Waals surface area contributed by atoms with Crippen molar-refractivity contribution in [3.8, 4) is 0 Å². The number of hydrogen-bond donors (Lipinski definition) is 0. The van der Waals surface area contributed by atoms with Gasteiger partial charge in [-0.15, -0.1) is 23.2 Å². The Kier molecular flexibility index (Phi) is 10.1. The Labute approximate surface area is 143 Å². The molecule has 124 valence electrons. The molecular formula is C17H25Cl2NO2. The van der Waals surface area contributed by atoms with E-state index in [1.807, 2.05) is 0 Å². The van der Waals surface area contributed by atoms with Crippen molar-refractivity contribution in [1.29, 1.82) is 0 Å². The largest absolute Gasteiger partial charge is 0.469 e. The number of carbonyl (C=O) groups is 1. The Morgan fingerprint density at radius 2 is 1.68 bits per heavy atom. The second-order valence-electron chi connectivity index (χ2n) is 5.17. The molecule has 0 radical (unpaired) electrons. The van der Waals surface area contributed by atoms with E-state index in [-0.39, 0.29) is 5.97 Å². The molecule has 1 rings (SSSR count). The number of alkyl halides is 2. The summed E-state index contributed by atoms with van der Waals surface area (Å²) in [4.78, 5) is 13.2. The fraction of sp³-hybridized carbons (Fsp3) is 0.588. The molecule has 1 aromatic rings. The van der Waals surface area contributed by atoms with Gasteiger partial charge >= 0.3 is 5.97 Å². The lowest BCUT2D eigenvalue weighted by Crippen LogP contribution is -2.27. The van der Waals surface area contributed by atoms with Gasteiger partial charge in [-0.05, 0) is 37.0 Å². The van der Waals surface area contributed by atoms with Gasteiger partial charge in [0.05, 0.1) is 7.11 Å². The van der Waals surface area contributed by atoms with Crippen LogP contribution in [0, 0.1) is 0 Å².